The van der Waals surface area contributed by atoms with Crippen molar-refractivity contribution in [3.63, 3.8) is 0 Å². The topological polar surface area (TPSA) is 69.6 Å². The summed E-state index contributed by atoms with van der Waals surface area (Å²) in [5.74, 6) is 0.0284. The quantitative estimate of drug-likeness (QED) is 0.205. The van der Waals surface area contributed by atoms with Gasteiger partial charge in [0.2, 0.25) is 0 Å². The fourth-order valence-electron chi connectivity index (χ4n) is 4.96. The molecule has 5 aromatic rings. The number of nitrogens with zero attached hydrogens (tertiary/aromatic N) is 1. The molecule has 1 heterocycles. The Kier molecular flexibility index (Phi) is 6.64. The van der Waals surface area contributed by atoms with Gasteiger partial charge in [-0.25, -0.2) is 4.79 Å². The number of aromatic nitrogens is 1. The Hall–Kier alpha value is -4.58. The maximum Gasteiger partial charge on any atom is 0.341 e. The molecule has 0 spiro atoms. The Labute approximate surface area is 215 Å². The second kappa shape index (κ2) is 10.2. The highest BCUT2D eigenvalue weighted by atomic mass is 16.5. The molecule has 0 aliphatic carbocycles. The zero-order valence-corrected chi connectivity index (χ0v) is 21.1. The first-order chi connectivity index (χ1) is 18.0. The Morgan fingerprint density at radius 2 is 1.57 bits per heavy atom. The molecule has 0 saturated heterocycles. The smallest absolute Gasteiger partial charge is 0.341 e. The van der Waals surface area contributed by atoms with Gasteiger partial charge in [0.15, 0.2) is 5.78 Å². The van der Waals surface area contributed by atoms with E-state index < -0.39 is 5.97 Å². The molecule has 0 aliphatic heterocycles. The van der Waals surface area contributed by atoms with Crippen LogP contribution in [-0.2, 0) is 11.3 Å². The molecule has 0 amide bonds. The number of ether oxygens (including phenoxy) is 2. The SMILES string of the molecule is COC(=O)c1cc(NCCn2c(C)c(C(=O)c3cccc4ccccc34)c3ccccc32)ccc1OC. The second-order valence-electron chi connectivity index (χ2n) is 8.82. The van der Waals surface area contributed by atoms with Gasteiger partial charge in [0.05, 0.1) is 19.8 Å². The predicted octanol–water partition coefficient (Wildman–Crippen LogP) is 6.24. The van der Waals surface area contributed by atoms with Gasteiger partial charge in [-0.3, -0.25) is 4.79 Å². The highest BCUT2D eigenvalue weighted by molar-refractivity contribution is 6.22. The summed E-state index contributed by atoms with van der Waals surface area (Å²) < 4.78 is 12.3. The van der Waals surface area contributed by atoms with Crippen molar-refractivity contribution in [1.82, 2.24) is 4.57 Å². The van der Waals surface area contributed by atoms with E-state index in [1.165, 1.54) is 14.2 Å². The van der Waals surface area contributed by atoms with Crippen LogP contribution in [0, 0.1) is 6.92 Å². The zero-order chi connectivity index (χ0) is 25.9. The van der Waals surface area contributed by atoms with Crippen molar-refractivity contribution in [3.05, 3.63) is 107 Å². The second-order valence-corrected chi connectivity index (χ2v) is 8.82. The molecule has 5 rings (SSSR count). The summed E-state index contributed by atoms with van der Waals surface area (Å²) >= 11 is 0. The van der Waals surface area contributed by atoms with Crippen LogP contribution in [0.1, 0.15) is 32.0 Å². The molecule has 1 aromatic heterocycles. The minimum atomic E-state index is -0.454. The van der Waals surface area contributed by atoms with Crippen molar-refractivity contribution < 1.29 is 19.1 Å². The number of anilines is 1. The van der Waals surface area contributed by atoms with E-state index >= 15 is 0 Å². The molecule has 0 saturated carbocycles. The number of para-hydroxylation sites is 1. The van der Waals surface area contributed by atoms with Crippen molar-refractivity contribution in [2.24, 2.45) is 0 Å². The summed E-state index contributed by atoms with van der Waals surface area (Å²) in [6, 6.07) is 27.2. The molecular formula is C31H28N2O4. The highest BCUT2D eigenvalue weighted by Gasteiger charge is 2.22. The first kappa shape index (κ1) is 24.1. The van der Waals surface area contributed by atoms with E-state index in [1.54, 1.807) is 12.1 Å². The number of carbonyl (C=O) groups excluding carboxylic acids is 2. The minimum absolute atomic E-state index is 0.0232. The van der Waals surface area contributed by atoms with E-state index in [0.29, 0.717) is 30.0 Å². The van der Waals surface area contributed by atoms with Crippen LogP contribution >= 0.6 is 0 Å². The molecule has 186 valence electrons. The minimum Gasteiger partial charge on any atom is -0.496 e. The van der Waals surface area contributed by atoms with Crippen LogP contribution in [0.4, 0.5) is 5.69 Å². The van der Waals surface area contributed by atoms with Gasteiger partial charge < -0.3 is 19.4 Å². The fraction of sp³-hybridized carbons (Fsp3) is 0.161. The summed E-state index contributed by atoms with van der Waals surface area (Å²) in [4.78, 5) is 26.0. The third-order valence-corrected chi connectivity index (χ3v) is 6.76. The van der Waals surface area contributed by atoms with Gasteiger partial charge in [-0.05, 0) is 42.0 Å². The number of esters is 1. The Bertz CT molecular complexity index is 1630. The number of fused-ring (bicyclic) bond motifs is 2. The average molecular weight is 493 g/mol. The Balaban J connectivity index is 1.46. The molecule has 0 aliphatic rings. The molecule has 0 atom stereocenters. The first-order valence-electron chi connectivity index (χ1n) is 12.1. The van der Waals surface area contributed by atoms with Crippen molar-refractivity contribution in [3.8, 4) is 5.75 Å². The van der Waals surface area contributed by atoms with E-state index in [4.69, 9.17) is 9.47 Å². The number of benzene rings is 4. The highest BCUT2D eigenvalue weighted by Crippen LogP contribution is 2.30. The third-order valence-electron chi connectivity index (χ3n) is 6.76. The number of nitrogens with one attached hydrogen (secondary N) is 1. The third kappa shape index (κ3) is 4.42. The lowest BCUT2D eigenvalue weighted by Crippen LogP contribution is -2.13. The van der Waals surface area contributed by atoms with Gasteiger partial charge in [0.25, 0.3) is 0 Å². The Morgan fingerprint density at radius 3 is 2.35 bits per heavy atom. The van der Waals surface area contributed by atoms with E-state index in [9.17, 15) is 9.59 Å². The largest absolute Gasteiger partial charge is 0.496 e. The molecular weight excluding hydrogens is 464 g/mol. The van der Waals surface area contributed by atoms with E-state index in [-0.39, 0.29) is 5.78 Å². The number of carbonyl (C=O) groups is 2. The summed E-state index contributed by atoms with van der Waals surface area (Å²) in [6.07, 6.45) is 0. The number of ketones is 1. The molecule has 6 nitrogen and oxygen atoms in total. The Morgan fingerprint density at radius 1 is 0.838 bits per heavy atom. The van der Waals surface area contributed by atoms with Crippen molar-refractivity contribution >= 4 is 39.1 Å². The number of hydrogen-bond acceptors (Lipinski definition) is 5. The number of hydrogen-bond donors (Lipinski definition) is 1. The van der Waals surface area contributed by atoms with Crippen molar-refractivity contribution in [1.29, 1.82) is 0 Å². The van der Waals surface area contributed by atoms with Gasteiger partial charge in [0.1, 0.15) is 11.3 Å². The van der Waals surface area contributed by atoms with Gasteiger partial charge in [-0.2, -0.15) is 0 Å². The number of rotatable bonds is 8. The lowest BCUT2D eigenvalue weighted by Gasteiger charge is -2.13. The number of methoxy groups -OCH3 is 2. The van der Waals surface area contributed by atoms with E-state index in [2.05, 4.69) is 9.88 Å². The van der Waals surface area contributed by atoms with Crippen LogP contribution in [0.5, 0.6) is 5.75 Å². The zero-order valence-electron chi connectivity index (χ0n) is 21.1. The molecule has 0 bridgehead atoms. The molecule has 0 fully saturated rings. The first-order valence-corrected chi connectivity index (χ1v) is 12.1. The van der Waals surface area contributed by atoms with Crippen LogP contribution in [0.15, 0.2) is 84.9 Å². The van der Waals surface area contributed by atoms with Crippen LogP contribution in [0.2, 0.25) is 0 Å². The van der Waals surface area contributed by atoms with Gasteiger partial charge >= 0.3 is 5.97 Å². The van der Waals surface area contributed by atoms with Gasteiger partial charge in [-0.1, -0.05) is 60.7 Å². The van der Waals surface area contributed by atoms with Crippen molar-refractivity contribution in [2.75, 3.05) is 26.1 Å². The monoisotopic (exact) mass is 492 g/mol. The van der Waals surface area contributed by atoms with Crippen LogP contribution in [0.3, 0.4) is 0 Å². The lowest BCUT2D eigenvalue weighted by molar-refractivity contribution is 0.0597. The normalized spacial score (nSPS) is 11.0. The van der Waals surface area contributed by atoms with Crippen LogP contribution < -0.4 is 10.1 Å². The molecule has 6 heteroatoms. The van der Waals surface area contributed by atoms with Crippen LogP contribution in [0.25, 0.3) is 21.7 Å². The fourth-order valence-corrected chi connectivity index (χ4v) is 4.96. The van der Waals surface area contributed by atoms with Gasteiger partial charge in [-0.15, -0.1) is 0 Å². The summed E-state index contributed by atoms with van der Waals surface area (Å²) in [5, 5.41) is 6.32. The summed E-state index contributed by atoms with van der Waals surface area (Å²) in [6.45, 7) is 3.23. The summed E-state index contributed by atoms with van der Waals surface area (Å²) in [7, 11) is 2.87. The van der Waals surface area contributed by atoms with Gasteiger partial charge in [0, 0.05) is 40.9 Å². The maximum absolute atomic E-state index is 13.9. The maximum atomic E-state index is 13.9. The standard InChI is InChI=1S/C31H28N2O4/c1-20-29(30(34)24-13-8-10-21-9-4-5-11-23(21)24)25-12-6-7-14-27(25)33(20)18-17-32-22-15-16-28(36-2)26(19-22)31(35)37-3/h4-16,19,32H,17-18H2,1-3H3. The molecule has 37 heavy (non-hydrogen) atoms. The predicted molar refractivity (Wildman–Crippen MR) is 147 cm³/mol. The average Bonchev–Trinajstić information content (AvgIpc) is 3.22. The summed E-state index contributed by atoms with van der Waals surface area (Å²) in [5.41, 5.74) is 4.50. The molecule has 4 aromatic carbocycles. The molecule has 0 unspecified atom stereocenters. The van der Waals surface area contributed by atoms with E-state index in [0.717, 1.165) is 38.6 Å². The van der Waals surface area contributed by atoms with Crippen molar-refractivity contribution in [2.45, 2.75) is 13.5 Å². The lowest BCUT2D eigenvalue weighted by atomic mass is 9.95. The molecule has 0 radical (unpaired) electrons. The van der Waals surface area contributed by atoms with Crippen LogP contribution in [-0.4, -0.2) is 37.1 Å². The van der Waals surface area contributed by atoms with E-state index in [1.807, 2.05) is 79.7 Å². The molecule has 1 N–H and O–H groups in total.